The Morgan fingerprint density at radius 3 is 2.88 bits per heavy atom. The van der Waals surface area contributed by atoms with Gasteiger partial charge < -0.3 is 5.73 Å². The van der Waals surface area contributed by atoms with Gasteiger partial charge in [-0.05, 0) is 13.5 Å². The molecule has 1 unspecified atom stereocenters. The molecule has 1 atom stereocenters. The monoisotopic (exact) mass is 115 g/mol. The summed E-state index contributed by atoms with van der Waals surface area (Å²) in [6, 6.07) is 0. The van der Waals surface area contributed by atoms with Gasteiger partial charge in [-0.15, -0.1) is 0 Å². The highest BCUT2D eigenvalue weighted by molar-refractivity contribution is 4.66. The number of nitrogens with zero attached hydrogens (tertiary/aromatic N) is 1. The van der Waals surface area contributed by atoms with Gasteiger partial charge in [0.25, 0.3) is 0 Å². The maximum Gasteiger partial charge on any atom is 0.0568 e. The largest absolute Gasteiger partial charge is 0.316 e. The maximum atomic E-state index is 5.56. The third-order valence-corrected chi connectivity index (χ3v) is 1.45. The molecule has 3 heteroatoms. The normalized spacial score (nSPS) is 33.0. The second kappa shape index (κ2) is 2.44. The lowest BCUT2D eigenvalue weighted by Gasteiger charge is -2.27. The average Bonchev–Trinajstić information content (AvgIpc) is 1.77. The van der Waals surface area contributed by atoms with Crippen LogP contribution in [0.3, 0.4) is 0 Å². The lowest BCUT2D eigenvalue weighted by molar-refractivity contribution is 0.221. The third-order valence-electron chi connectivity index (χ3n) is 1.45. The van der Waals surface area contributed by atoms with Crippen molar-refractivity contribution in [3.63, 3.8) is 0 Å². The molecule has 48 valence electrons. The zero-order valence-corrected chi connectivity index (χ0v) is 5.22. The molecule has 3 nitrogen and oxygen atoms in total. The van der Waals surface area contributed by atoms with E-state index < -0.39 is 0 Å². The molecule has 3 N–H and O–H groups in total. The van der Waals surface area contributed by atoms with Crippen molar-refractivity contribution in [1.82, 2.24) is 10.2 Å². The third kappa shape index (κ3) is 1.43. The maximum absolute atomic E-state index is 5.56. The quantitative estimate of drug-likeness (QED) is 0.432. The molecule has 0 bridgehead atoms. The minimum Gasteiger partial charge on any atom is -0.316 e. The molecule has 0 aromatic heterocycles. The van der Waals surface area contributed by atoms with Gasteiger partial charge in [0.15, 0.2) is 0 Å². The van der Waals surface area contributed by atoms with Crippen molar-refractivity contribution in [2.24, 2.45) is 5.73 Å². The fourth-order valence-electron chi connectivity index (χ4n) is 0.814. The van der Waals surface area contributed by atoms with E-state index in [9.17, 15) is 0 Å². The van der Waals surface area contributed by atoms with Gasteiger partial charge in [0.2, 0.25) is 0 Å². The van der Waals surface area contributed by atoms with E-state index in [0.29, 0.717) is 0 Å². The van der Waals surface area contributed by atoms with Gasteiger partial charge in [0, 0.05) is 13.2 Å². The van der Waals surface area contributed by atoms with E-state index in [2.05, 4.69) is 17.3 Å². The van der Waals surface area contributed by atoms with Crippen molar-refractivity contribution in [3.05, 3.63) is 0 Å². The Hall–Kier alpha value is -0.120. The molecule has 0 aromatic carbocycles. The van der Waals surface area contributed by atoms with Crippen LogP contribution in [0.5, 0.6) is 0 Å². The van der Waals surface area contributed by atoms with E-state index in [4.69, 9.17) is 5.73 Å². The summed E-state index contributed by atoms with van der Waals surface area (Å²) in [6.45, 7) is 2.05. The zero-order valence-electron chi connectivity index (χ0n) is 5.22. The molecule has 0 aromatic rings. The smallest absolute Gasteiger partial charge is 0.0568 e. The minimum atomic E-state index is 0.228. The molecule has 8 heavy (non-hydrogen) atoms. The highest BCUT2D eigenvalue weighted by Crippen LogP contribution is 1.93. The molecular formula is C5H13N3. The summed E-state index contributed by atoms with van der Waals surface area (Å²) < 4.78 is 0. The van der Waals surface area contributed by atoms with Gasteiger partial charge in [-0.2, -0.15) is 0 Å². The Kier molecular flexibility index (Phi) is 1.83. The summed E-state index contributed by atoms with van der Waals surface area (Å²) in [5.41, 5.74) is 5.56. The lowest BCUT2D eigenvalue weighted by atomic mass is 10.3. The van der Waals surface area contributed by atoms with E-state index in [1.165, 1.54) is 0 Å². The van der Waals surface area contributed by atoms with Gasteiger partial charge >= 0.3 is 0 Å². The van der Waals surface area contributed by atoms with Crippen LogP contribution in [0.1, 0.15) is 6.42 Å². The second-order valence-corrected chi connectivity index (χ2v) is 2.34. The van der Waals surface area contributed by atoms with Gasteiger partial charge in [0.1, 0.15) is 0 Å². The van der Waals surface area contributed by atoms with E-state index in [1.54, 1.807) is 0 Å². The fraction of sp³-hybridized carbons (Fsp3) is 1.00. The predicted octanol–water partition coefficient (Wildman–Crippen LogP) is -0.846. The van der Waals surface area contributed by atoms with Crippen molar-refractivity contribution < 1.29 is 0 Å². The van der Waals surface area contributed by atoms with E-state index in [-0.39, 0.29) is 6.17 Å². The van der Waals surface area contributed by atoms with Crippen molar-refractivity contribution in [3.8, 4) is 0 Å². The minimum absolute atomic E-state index is 0.228. The van der Waals surface area contributed by atoms with Crippen LogP contribution in [0.15, 0.2) is 0 Å². The van der Waals surface area contributed by atoms with Gasteiger partial charge in [-0.1, -0.05) is 0 Å². The van der Waals surface area contributed by atoms with Crippen LogP contribution in [0.25, 0.3) is 0 Å². The molecule has 0 radical (unpaired) electrons. The molecule has 1 fully saturated rings. The van der Waals surface area contributed by atoms with Crippen molar-refractivity contribution in [1.29, 1.82) is 0 Å². The molecule has 1 aliphatic heterocycles. The molecular weight excluding hydrogens is 102 g/mol. The number of hydrogen-bond acceptors (Lipinski definition) is 3. The van der Waals surface area contributed by atoms with Crippen LogP contribution < -0.4 is 11.1 Å². The first-order chi connectivity index (χ1) is 3.79. The van der Waals surface area contributed by atoms with Crippen LogP contribution in [0.4, 0.5) is 0 Å². The number of nitrogens with one attached hydrogen (secondary N) is 1. The first-order valence-electron chi connectivity index (χ1n) is 2.96. The Bertz CT molecular complexity index is 56.1. The van der Waals surface area contributed by atoms with Crippen LogP contribution in [-0.2, 0) is 0 Å². The van der Waals surface area contributed by atoms with Crippen molar-refractivity contribution >= 4 is 0 Å². The number of hydrogen-bond donors (Lipinski definition) is 2. The first kappa shape index (κ1) is 6.01. The van der Waals surface area contributed by atoms with E-state index in [0.717, 1.165) is 19.6 Å². The van der Waals surface area contributed by atoms with E-state index >= 15 is 0 Å². The summed E-state index contributed by atoms with van der Waals surface area (Å²) in [6.07, 6.45) is 1.29. The van der Waals surface area contributed by atoms with Crippen LogP contribution in [0, 0.1) is 0 Å². The molecule has 0 aliphatic carbocycles. The number of nitrogens with two attached hydrogens (primary N) is 1. The molecule has 0 spiro atoms. The summed E-state index contributed by atoms with van der Waals surface area (Å²) in [5.74, 6) is 0. The summed E-state index contributed by atoms with van der Waals surface area (Å²) in [7, 11) is 2.08. The average molecular weight is 115 g/mol. The molecule has 0 saturated carbocycles. The highest BCUT2D eigenvalue weighted by atomic mass is 15.3. The molecule has 1 aliphatic rings. The molecule has 1 saturated heterocycles. The molecule has 1 rings (SSSR count). The lowest BCUT2D eigenvalue weighted by Crippen LogP contribution is -2.50. The Morgan fingerprint density at radius 2 is 2.50 bits per heavy atom. The summed E-state index contributed by atoms with van der Waals surface area (Å²) in [4.78, 5) is 2.21. The van der Waals surface area contributed by atoms with E-state index in [1.807, 2.05) is 0 Å². The Labute approximate surface area is 49.8 Å². The van der Waals surface area contributed by atoms with Crippen LogP contribution in [-0.4, -0.2) is 31.3 Å². The standard InChI is InChI=1S/C5H13N3/c1-8-3-2-5(6)7-4-8/h5,7H,2-4,6H2,1H3. The summed E-state index contributed by atoms with van der Waals surface area (Å²) >= 11 is 0. The number of rotatable bonds is 0. The first-order valence-corrected chi connectivity index (χ1v) is 2.96. The molecule has 0 amide bonds. The van der Waals surface area contributed by atoms with Crippen molar-refractivity contribution in [2.75, 3.05) is 20.3 Å². The van der Waals surface area contributed by atoms with Gasteiger partial charge in [-0.3, -0.25) is 10.2 Å². The Morgan fingerprint density at radius 1 is 1.75 bits per heavy atom. The topological polar surface area (TPSA) is 41.3 Å². The highest BCUT2D eigenvalue weighted by Gasteiger charge is 2.09. The SMILES string of the molecule is CN1CCC(N)NC1. The molecule has 1 heterocycles. The van der Waals surface area contributed by atoms with Crippen LogP contribution >= 0.6 is 0 Å². The van der Waals surface area contributed by atoms with Gasteiger partial charge in [0.05, 0.1) is 6.17 Å². The Balaban J connectivity index is 2.19. The van der Waals surface area contributed by atoms with Crippen molar-refractivity contribution in [2.45, 2.75) is 12.6 Å². The predicted molar refractivity (Wildman–Crippen MR) is 33.2 cm³/mol. The zero-order chi connectivity index (χ0) is 5.98. The second-order valence-electron chi connectivity index (χ2n) is 2.34. The fourth-order valence-corrected chi connectivity index (χ4v) is 0.814. The van der Waals surface area contributed by atoms with Crippen LogP contribution in [0.2, 0.25) is 0 Å². The van der Waals surface area contributed by atoms with Gasteiger partial charge in [-0.25, -0.2) is 0 Å². The summed E-state index contributed by atoms with van der Waals surface area (Å²) in [5, 5.41) is 3.14.